The maximum atomic E-state index is 13.0. The number of benzene rings is 2. The Morgan fingerprint density at radius 2 is 1.96 bits per heavy atom. The molecule has 4 rings (SSSR count). The molecule has 0 bridgehead atoms. The highest BCUT2D eigenvalue weighted by Gasteiger charge is 2.29. The van der Waals surface area contributed by atoms with Gasteiger partial charge in [0.1, 0.15) is 11.5 Å². The number of ether oxygens (including phenoxy) is 2. The fraction of sp³-hybridized carbons (Fsp3) is 0.381. The zero-order chi connectivity index (χ0) is 18.1. The monoisotopic (exact) mass is 352 g/mol. The molecule has 2 aliphatic heterocycles. The standard InChI is InChI=1S/C21H24N2O3/c1-15-14-22(18-4-6-19(25-2)7-5-18)10-11-23(15)21(24)17-3-8-20-16(13-17)9-12-26-20/h3-8,13,15H,9-12,14H2,1-2H3/t15-/m1/s1. The van der Waals surface area contributed by atoms with Crippen molar-refractivity contribution in [2.75, 3.05) is 38.3 Å². The number of piperazine rings is 1. The van der Waals surface area contributed by atoms with Crippen molar-refractivity contribution < 1.29 is 14.3 Å². The fourth-order valence-corrected chi connectivity index (χ4v) is 3.77. The van der Waals surface area contributed by atoms with Gasteiger partial charge in [-0.25, -0.2) is 0 Å². The molecule has 26 heavy (non-hydrogen) atoms. The first kappa shape index (κ1) is 16.8. The molecule has 2 heterocycles. The lowest BCUT2D eigenvalue weighted by Crippen LogP contribution is -2.54. The third-order valence-electron chi connectivity index (χ3n) is 5.26. The van der Waals surface area contributed by atoms with Crippen molar-refractivity contribution in [3.05, 3.63) is 53.6 Å². The lowest BCUT2D eigenvalue weighted by atomic mass is 10.1. The minimum atomic E-state index is 0.113. The maximum Gasteiger partial charge on any atom is 0.254 e. The molecular formula is C21H24N2O3. The van der Waals surface area contributed by atoms with E-state index in [0.717, 1.165) is 48.7 Å². The number of amides is 1. The zero-order valence-electron chi connectivity index (χ0n) is 15.3. The smallest absolute Gasteiger partial charge is 0.254 e. The summed E-state index contributed by atoms with van der Waals surface area (Å²) in [6.45, 7) is 5.20. The SMILES string of the molecule is COc1ccc(N2CCN(C(=O)c3ccc4c(c3)CCO4)[C@H](C)C2)cc1. The van der Waals surface area contributed by atoms with E-state index in [0.29, 0.717) is 6.61 Å². The molecule has 5 nitrogen and oxygen atoms in total. The summed E-state index contributed by atoms with van der Waals surface area (Å²) >= 11 is 0. The molecule has 1 atom stereocenters. The number of anilines is 1. The number of carbonyl (C=O) groups excluding carboxylic acids is 1. The van der Waals surface area contributed by atoms with Gasteiger partial charge in [0.05, 0.1) is 13.7 Å². The van der Waals surface area contributed by atoms with Crippen molar-refractivity contribution in [1.82, 2.24) is 4.90 Å². The molecule has 1 amide bonds. The van der Waals surface area contributed by atoms with Gasteiger partial charge >= 0.3 is 0 Å². The topological polar surface area (TPSA) is 42.0 Å². The van der Waals surface area contributed by atoms with Gasteiger partial charge in [0.25, 0.3) is 5.91 Å². The molecule has 2 aliphatic rings. The van der Waals surface area contributed by atoms with Crippen LogP contribution in [-0.4, -0.2) is 50.2 Å². The molecule has 136 valence electrons. The van der Waals surface area contributed by atoms with Crippen molar-refractivity contribution in [2.24, 2.45) is 0 Å². The Labute approximate surface area is 154 Å². The normalized spacial score (nSPS) is 19.1. The lowest BCUT2D eigenvalue weighted by Gasteiger charge is -2.41. The van der Waals surface area contributed by atoms with Crippen LogP contribution in [0.4, 0.5) is 5.69 Å². The van der Waals surface area contributed by atoms with Crippen LogP contribution < -0.4 is 14.4 Å². The summed E-state index contributed by atoms with van der Waals surface area (Å²) in [7, 11) is 1.67. The molecular weight excluding hydrogens is 328 g/mol. The average molecular weight is 352 g/mol. The number of nitrogens with zero attached hydrogens (tertiary/aromatic N) is 2. The second-order valence-corrected chi connectivity index (χ2v) is 6.91. The minimum Gasteiger partial charge on any atom is -0.497 e. The molecule has 0 saturated carbocycles. The van der Waals surface area contributed by atoms with Crippen molar-refractivity contribution in [1.29, 1.82) is 0 Å². The largest absolute Gasteiger partial charge is 0.497 e. The summed E-state index contributed by atoms with van der Waals surface area (Å²) in [6.07, 6.45) is 0.886. The fourth-order valence-electron chi connectivity index (χ4n) is 3.77. The first-order chi connectivity index (χ1) is 12.7. The van der Waals surface area contributed by atoms with E-state index in [2.05, 4.69) is 24.0 Å². The van der Waals surface area contributed by atoms with Crippen LogP contribution >= 0.6 is 0 Å². The summed E-state index contributed by atoms with van der Waals surface area (Å²) in [4.78, 5) is 17.3. The Kier molecular flexibility index (Phi) is 4.45. The summed E-state index contributed by atoms with van der Waals surface area (Å²) in [5, 5.41) is 0. The van der Waals surface area contributed by atoms with Crippen LogP contribution in [0, 0.1) is 0 Å². The number of rotatable bonds is 3. The second kappa shape index (κ2) is 6.90. The van der Waals surface area contributed by atoms with Gasteiger partial charge in [-0.2, -0.15) is 0 Å². The van der Waals surface area contributed by atoms with Crippen LogP contribution in [0.25, 0.3) is 0 Å². The number of hydrogen-bond donors (Lipinski definition) is 0. The number of hydrogen-bond acceptors (Lipinski definition) is 4. The van der Waals surface area contributed by atoms with E-state index in [1.807, 2.05) is 35.2 Å². The highest BCUT2D eigenvalue weighted by Crippen LogP contribution is 2.28. The molecule has 0 aromatic heterocycles. The first-order valence-electron chi connectivity index (χ1n) is 9.11. The summed E-state index contributed by atoms with van der Waals surface area (Å²) in [5.41, 5.74) is 3.07. The van der Waals surface area contributed by atoms with Gasteiger partial charge in [-0.1, -0.05) is 0 Å². The van der Waals surface area contributed by atoms with Crippen molar-refractivity contribution >= 4 is 11.6 Å². The predicted octanol–water partition coefficient (Wildman–Crippen LogP) is 2.98. The molecule has 0 radical (unpaired) electrons. The summed E-state index contributed by atoms with van der Waals surface area (Å²) < 4.78 is 10.8. The molecule has 0 N–H and O–H groups in total. The predicted molar refractivity (Wildman–Crippen MR) is 101 cm³/mol. The van der Waals surface area contributed by atoms with E-state index in [1.165, 1.54) is 5.69 Å². The highest BCUT2D eigenvalue weighted by atomic mass is 16.5. The van der Waals surface area contributed by atoms with E-state index in [9.17, 15) is 4.79 Å². The Morgan fingerprint density at radius 3 is 2.69 bits per heavy atom. The third kappa shape index (κ3) is 3.09. The number of fused-ring (bicyclic) bond motifs is 1. The number of carbonyl (C=O) groups is 1. The first-order valence-corrected chi connectivity index (χ1v) is 9.11. The van der Waals surface area contributed by atoms with Crippen LogP contribution in [0.15, 0.2) is 42.5 Å². The number of methoxy groups -OCH3 is 1. The Hall–Kier alpha value is -2.69. The van der Waals surface area contributed by atoms with E-state index in [1.54, 1.807) is 7.11 Å². The Bertz CT molecular complexity index is 803. The van der Waals surface area contributed by atoms with Crippen molar-refractivity contribution in [3.63, 3.8) is 0 Å². The maximum absolute atomic E-state index is 13.0. The van der Waals surface area contributed by atoms with Crippen molar-refractivity contribution in [2.45, 2.75) is 19.4 Å². The van der Waals surface area contributed by atoms with Crippen LogP contribution in [-0.2, 0) is 6.42 Å². The second-order valence-electron chi connectivity index (χ2n) is 6.91. The van der Waals surface area contributed by atoms with E-state index < -0.39 is 0 Å². The van der Waals surface area contributed by atoms with Gasteiger partial charge < -0.3 is 19.3 Å². The molecule has 5 heteroatoms. The van der Waals surface area contributed by atoms with Gasteiger partial charge in [-0.15, -0.1) is 0 Å². The summed E-state index contributed by atoms with van der Waals surface area (Å²) in [6, 6.07) is 14.1. The van der Waals surface area contributed by atoms with Crippen LogP contribution in [0.1, 0.15) is 22.8 Å². The van der Waals surface area contributed by atoms with Crippen LogP contribution in [0.5, 0.6) is 11.5 Å². The van der Waals surface area contributed by atoms with Crippen LogP contribution in [0.3, 0.4) is 0 Å². The van der Waals surface area contributed by atoms with Gasteiger partial charge in [0, 0.05) is 43.3 Å². The van der Waals surface area contributed by atoms with E-state index in [-0.39, 0.29) is 11.9 Å². The minimum absolute atomic E-state index is 0.113. The lowest BCUT2D eigenvalue weighted by molar-refractivity contribution is 0.0674. The Balaban J connectivity index is 1.45. The molecule has 2 aromatic carbocycles. The van der Waals surface area contributed by atoms with Gasteiger partial charge in [-0.05, 0) is 55.0 Å². The molecule has 0 unspecified atom stereocenters. The Morgan fingerprint density at radius 1 is 1.15 bits per heavy atom. The third-order valence-corrected chi connectivity index (χ3v) is 5.26. The van der Waals surface area contributed by atoms with Gasteiger partial charge in [-0.3, -0.25) is 4.79 Å². The highest BCUT2D eigenvalue weighted by molar-refractivity contribution is 5.95. The molecule has 0 aliphatic carbocycles. The van der Waals surface area contributed by atoms with Gasteiger partial charge in [0.15, 0.2) is 0 Å². The molecule has 2 aromatic rings. The summed E-state index contributed by atoms with van der Waals surface area (Å²) in [5.74, 6) is 1.89. The van der Waals surface area contributed by atoms with Crippen LogP contribution in [0.2, 0.25) is 0 Å². The molecule has 1 fully saturated rings. The van der Waals surface area contributed by atoms with E-state index >= 15 is 0 Å². The van der Waals surface area contributed by atoms with Gasteiger partial charge in [0.2, 0.25) is 0 Å². The average Bonchev–Trinajstić information content (AvgIpc) is 3.15. The molecule has 1 saturated heterocycles. The van der Waals surface area contributed by atoms with Crippen molar-refractivity contribution in [3.8, 4) is 11.5 Å². The van der Waals surface area contributed by atoms with E-state index in [4.69, 9.17) is 9.47 Å². The quantitative estimate of drug-likeness (QED) is 0.852. The zero-order valence-corrected chi connectivity index (χ0v) is 15.3. The molecule has 0 spiro atoms.